The number of benzene rings is 3. The number of hydrogen-bond acceptors (Lipinski definition) is 3. The molecule has 3 amide bonds. The van der Waals surface area contributed by atoms with Crippen LogP contribution in [0.15, 0.2) is 66.7 Å². The monoisotopic (exact) mass is 496 g/mol. The third-order valence-electron chi connectivity index (χ3n) is 7.49. The minimum atomic E-state index is -1.21. The molecule has 0 bridgehead atoms. The number of aryl methyl sites for hydroxylation is 1. The van der Waals surface area contributed by atoms with Gasteiger partial charge in [0.1, 0.15) is 11.6 Å². The SMILES string of the molecule is CC(C)[C@H](NC(=O)[C@@]1(NC(=O)Cc2cccc3ccccc23)CCc2[nH]c3ccccc3c2C1)C(N)=O. The van der Waals surface area contributed by atoms with E-state index in [2.05, 4.69) is 15.6 Å². The highest BCUT2D eigenvalue weighted by molar-refractivity contribution is 5.98. The lowest BCUT2D eigenvalue weighted by Gasteiger charge is -2.38. The first-order valence-electron chi connectivity index (χ1n) is 12.7. The van der Waals surface area contributed by atoms with Crippen LogP contribution in [0.1, 0.15) is 37.1 Å². The van der Waals surface area contributed by atoms with Crippen LogP contribution in [0.25, 0.3) is 21.7 Å². The molecule has 0 aliphatic heterocycles. The number of carbonyl (C=O) groups excluding carboxylic acids is 3. The molecule has 0 saturated carbocycles. The van der Waals surface area contributed by atoms with E-state index in [-0.39, 0.29) is 24.2 Å². The van der Waals surface area contributed by atoms with Crippen LogP contribution in [0.5, 0.6) is 0 Å². The van der Waals surface area contributed by atoms with Gasteiger partial charge >= 0.3 is 0 Å². The van der Waals surface area contributed by atoms with Gasteiger partial charge in [-0.3, -0.25) is 14.4 Å². The summed E-state index contributed by atoms with van der Waals surface area (Å²) in [6.07, 6.45) is 1.46. The van der Waals surface area contributed by atoms with E-state index in [9.17, 15) is 14.4 Å². The first-order chi connectivity index (χ1) is 17.8. The van der Waals surface area contributed by atoms with E-state index in [0.29, 0.717) is 19.3 Å². The number of amides is 3. The summed E-state index contributed by atoms with van der Waals surface area (Å²) < 4.78 is 0. The molecule has 7 heteroatoms. The molecule has 5 N–H and O–H groups in total. The molecule has 0 radical (unpaired) electrons. The number of nitrogens with one attached hydrogen (secondary N) is 3. The number of hydrogen-bond donors (Lipinski definition) is 4. The van der Waals surface area contributed by atoms with E-state index in [1.165, 1.54) is 0 Å². The number of aromatic nitrogens is 1. The maximum atomic E-state index is 13.9. The number of nitrogens with two attached hydrogens (primary N) is 1. The second kappa shape index (κ2) is 9.73. The maximum absolute atomic E-state index is 13.9. The predicted octanol–water partition coefficient (Wildman–Crippen LogP) is 3.53. The van der Waals surface area contributed by atoms with Crippen LogP contribution in [-0.2, 0) is 33.6 Å². The summed E-state index contributed by atoms with van der Waals surface area (Å²) in [5, 5.41) is 9.07. The minimum Gasteiger partial charge on any atom is -0.368 e. The average molecular weight is 497 g/mol. The molecular formula is C30H32N4O3. The minimum absolute atomic E-state index is 0.139. The summed E-state index contributed by atoms with van der Waals surface area (Å²) in [6.45, 7) is 3.67. The number of primary amides is 1. The fourth-order valence-corrected chi connectivity index (χ4v) is 5.53. The van der Waals surface area contributed by atoms with E-state index < -0.39 is 17.5 Å². The molecule has 1 heterocycles. The van der Waals surface area contributed by atoms with Crippen molar-refractivity contribution in [1.82, 2.24) is 15.6 Å². The summed E-state index contributed by atoms with van der Waals surface area (Å²) in [5.41, 5.74) is 8.38. The lowest BCUT2D eigenvalue weighted by atomic mass is 9.78. The number of aromatic amines is 1. The van der Waals surface area contributed by atoms with Gasteiger partial charge < -0.3 is 21.4 Å². The standard InChI is InChI=1S/C30H32N4O3/c1-18(2)27(28(31)36)33-29(37)30(15-14-25-23(17-30)22-12-5-6-13-24(22)32-25)34-26(35)16-20-10-7-9-19-8-3-4-11-21(19)20/h3-13,18,27,32H,14-17H2,1-2H3,(H2,31,36)(H,33,37)(H,34,35)/t27-,30+/m0/s1. The van der Waals surface area contributed by atoms with Crippen LogP contribution < -0.4 is 16.4 Å². The van der Waals surface area contributed by atoms with Gasteiger partial charge in [0.05, 0.1) is 6.42 Å². The van der Waals surface area contributed by atoms with Gasteiger partial charge in [0.2, 0.25) is 17.7 Å². The highest BCUT2D eigenvalue weighted by Crippen LogP contribution is 2.34. The summed E-state index contributed by atoms with van der Waals surface area (Å²) in [4.78, 5) is 42.9. The smallest absolute Gasteiger partial charge is 0.246 e. The van der Waals surface area contributed by atoms with E-state index in [4.69, 9.17) is 5.73 Å². The van der Waals surface area contributed by atoms with Crippen molar-refractivity contribution in [2.75, 3.05) is 0 Å². The molecule has 1 aromatic heterocycles. The van der Waals surface area contributed by atoms with Crippen LogP contribution in [0.4, 0.5) is 0 Å². The summed E-state index contributed by atoms with van der Waals surface area (Å²) >= 11 is 0. The van der Waals surface area contributed by atoms with Gasteiger partial charge in [0, 0.05) is 23.0 Å². The number of fused-ring (bicyclic) bond motifs is 4. The molecule has 0 unspecified atom stereocenters. The lowest BCUT2D eigenvalue weighted by Crippen LogP contribution is -2.64. The predicted molar refractivity (Wildman–Crippen MR) is 145 cm³/mol. The Balaban J connectivity index is 1.49. The number of H-pyrrole nitrogens is 1. The first kappa shape index (κ1) is 24.6. The number of carbonyl (C=O) groups is 3. The molecule has 0 spiro atoms. The maximum Gasteiger partial charge on any atom is 0.246 e. The molecule has 37 heavy (non-hydrogen) atoms. The van der Waals surface area contributed by atoms with Crippen LogP contribution in [0.3, 0.4) is 0 Å². The van der Waals surface area contributed by atoms with Crippen molar-refractivity contribution in [3.63, 3.8) is 0 Å². The summed E-state index contributed by atoms with van der Waals surface area (Å²) in [6, 6.07) is 21.0. The largest absolute Gasteiger partial charge is 0.368 e. The average Bonchev–Trinajstić information content (AvgIpc) is 3.24. The molecule has 7 nitrogen and oxygen atoms in total. The van der Waals surface area contributed by atoms with Crippen molar-refractivity contribution in [3.8, 4) is 0 Å². The Morgan fingerprint density at radius 1 is 0.973 bits per heavy atom. The Morgan fingerprint density at radius 2 is 1.68 bits per heavy atom. The van der Waals surface area contributed by atoms with E-state index in [1.807, 2.05) is 80.6 Å². The van der Waals surface area contributed by atoms with Crippen molar-refractivity contribution in [3.05, 3.63) is 83.6 Å². The van der Waals surface area contributed by atoms with Crippen LogP contribution in [0.2, 0.25) is 0 Å². The summed E-state index contributed by atoms with van der Waals surface area (Å²) in [7, 11) is 0. The Hall–Kier alpha value is -4.13. The van der Waals surface area contributed by atoms with E-state index >= 15 is 0 Å². The van der Waals surface area contributed by atoms with Gasteiger partial charge in [-0.1, -0.05) is 74.5 Å². The van der Waals surface area contributed by atoms with Gasteiger partial charge in [-0.15, -0.1) is 0 Å². The third kappa shape index (κ3) is 4.69. The Kier molecular flexibility index (Phi) is 6.46. The molecule has 4 aromatic rings. The van der Waals surface area contributed by atoms with Gasteiger partial charge in [-0.05, 0) is 46.7 Å². The van der Waals surface area contributed by atoms with Crippen LogP contribution >= 0.6 is 0 Å². The van der Waals surface area contributed by atoms with Crippen molar-refractivity contribution in [2.24, 2.45) is 11.7 Å². The van der Waals surface area contributed by atoms with Crippen LogP contribution in [-0.4, -0.2) is 34.3 Å². The summed E-state index contributed by atoms with van der Waals surface area (Å²) in [5.74, 6) is -1.40. The van der Waals surface area contributed by atoms with Crippen molar-refractivity contribution in [1.29, 1.82) is 0 Å². The lowest BCUT2D eigenvalue weighted by molar-refractivity contribution is -0.136. The molecule has 0 saturated heterocycles. The highest BCUT2D eigenvalue weighted by atomic mass is 16.2. The molecular weight excluding hydrogens is 464 g/mol. The Labute approximate surface area is 215 Å². The van der Waals surface area contributed by atoms with Gasteiger partial charge in [-0.2, -0.15) is 0 Å². The molecule has 1 aliphatic carbocycles. The zero-order chi connectivity index (χ0) is 26.2. The molecule has 5 rings (SSSR count). The second-order valence-electron chi connectivity index (χ2n) is 10.3. The van der Waals surface area contributed by atoms with E-state index in [1.54, 1.807) is 0 Å². The molecule has 2 atom stereocenters. The molecule has 3 aromatic carbocycles. The molecule has 1 aliphatic rings. The van der Waals surface area contributed by atoms with Gasteiger partial charge in [-0.25, -0.2) is 0 Å². The number of rotatable bonds is 7. The van der Waals surface area contributed by atoms with Gasteiger partial charge in [0.25, 0.3) is 0 Å². The van der Waals surface area contributed by atoms with Crippen molar-refractivity contribution in [2.45, 2.75) is 51.1 Å². The Morgan fingerprint density at radius 3 is 2.43 bits per heavy atom. The fraction of sp³-hybridized carbons (Fsp3) is 0.300. The number of para-hydroxylation sites is 1. The zero-order valence-electron chi connectivity index (χ0n) is 21.1. The third-order valence-corrected chi connectivity index (χ3v) is 7.49. The van der Waals surface area contributed by atoms with Crippen molar-refractivity contribution < 1.29 is 14.4 Å². The van der Waals surface area contributed by atoms with Gasteiger partial charge in [0.15, 0.2) is 0 Å². The first-order valence-corrected chi connectivity index (χ1v) is 12.7. The van der Waals surface area contributed by atoms with Crippen LogP contribution in [0, 0.1) is 5.92 Å². The highest BCUT2D eigenvalue weighted by Gasteiger charge is 2.45. The zero-order valence-corrected chi connectivity index (χ0v) is 21.1. The Bertz CT molecular complexity index is 1500. The normalized spacial score (nSPS) is 17.9. The fourth-order valence-electron chi connectivity index (χ4n) is 5.53. The van der Waals surface area contributed by atoms with Crippen molar-refractivity contribution >= 4 is 39.4 Å². The van der Waals surface area contributed by atoms with E-state index in [0.717, 1.165) is 38.5 Å². The second-order valence-corrected chi connectivity index (χ2v) is 10.3. The molecule has 0 fully saturated rings. The topological polar surface area (TPSA) is 117 Å². The quantitative estimate of drug-likeness (QED) is 0.314. The molecule has 190 valence electrons.